The highest BCUT2D eigenvalue weighted by atomic mass is 16.7. The van der Waals surface area contributed by atoms with E-state index in [1.807, 2.05) is 0 Å². The average Bonchev–Trinajstić information content (AvgIpc) is 3.88. The van der Waals surface area contributed by atoms with Crippen molar-refractivity contribution in [1.82, 2.24) is 0 Å². The molecular weight excluding hydrogens is 840 g/mol. The highest BCUT2D eigenvalue weighted by Crippen LogP contribution is 2.35. The van der Waals surface area contributed by atoms with Crippen molar-refractivity contribution in [2.75, 3.05) is 40.6 Å². The van der Waals surface area contributed by atoms with Crippen molar-refractivity contribution in [1.29, 1.82) is 0 Å². The van der Waals surface area contributed by atoms with E-state index in [1.54, 1.807) is 13.8 Å². The lowest BCUT2D eigenvalue weighted by Crippen LogP contribution is -2.36. The van der Waals surface area contributed by atoms with Gasteiger partial charge in [0.1, 0.15) is 80.5 Å². The van der Waals surface area contributed by atoms with Gasteiger partial charge in [-0.3, -0.25) is 0 Å². The minimum Gasteiger partial charge on any atom is -0.496 e. The smallest absolute Gasteiger partial charge is 0.347 e. The molecule has 0 saturated carbocycles. The maximum Gasteiger partial charge on any atom is 0.347 e. The van der Waals surface area contributed by atoms with E-state index < -0.39 is 60.2 Å². The van der Waals surface area contributed by atoms with Gasteiger partial charge in [-0.25, -0.2) is 28.8 Å². The molecule has 2 aliphatic heterocycles. The zero-order chi connectivity index (χ0) is 45.9. The molecule has 2 aliphatic rings. The third kappa shape index (κ3) is 10.7. The van der Waals surface area contributed by atoms with Crippen LogP contribution < -0.4 is 37.9 Å². The van der Waals surface area contributed by atoms with Gasteiger partial charge in [0.2, 0.25) is 0 Å². The van der Waals surface area contributed by atoms with E-state index in [0.29, 0.717) is 0 Å². The number of rotatable bonds is 18. The van der Waals surface area contributed by atoms with Gasteiger partial charge in [-0.15, -0.1) is 0 Å². The summed E-state index contributed by atoms with van der Waals surface area (Å²) in [6, 6.07) is 16.4. The van der Waals surface area contributed by atoms with Crippen LogP contribution in [0, 0.1) is 0 Å². The fourth-order valence-corrected chi connectivity index (χ4v) is 6.50. The van der Waals surface area contributed by atoms with E-state index in [9.17, 15) is 28.8 Å². The van der Waals surface area contributed by atoms with Crippen molar-refractivity contribution in [3.8, 4) is 46.0 Å². The number of ether oxygens (including phenoxy) is 12. The first-order valence-electron chi connectivity index (χ1n) is 19.6. The van der Waals surface area contributed by atoms with Gasteiger partial charge >= 0.3 is 35.8 Å². The standard InChI is InChI=1S/C46H42O18/c1-7-39(47)59-25-11-15-29(33(19-25)53-5)43(49)61-27-13-17-31(35(21-27)55-9-3)45(51)63-37-23-57-42-38(24-58-41(37)42)64-46(52)32-18-14-28(22-36(32)56-10-4)62-44(50)30-16-12-26(20-34(30)54-6)60-40(48)8-2/h7-8,11-22,37-38,41-42H,1-2,9-10,23-24H2,3-6H3/t37-,38+,41-,42-/m1/s1. The van der Waals surface area contributed by atoms with Crippen LogP contribution in [0.1, 0.15) is 55.3 Å². The summed E-state index contributed by atoms with van der Waals surface area (Å²) in [4.78, 5) is 76.5. The van der Waals surface area contributed by atoms with Gasteiger partial charge < -0.3 is 56.8 Å². The molecule has 0 spiro atoms. The second-order valence-electron chi connectivity index (χ2n) is 13.4. The van der Waals surface area contributed by atoms with Crippen LogP contribution in [0.3, 0.4) is 0 Å². The Hall–Kier alpha value is -7.70. The summed E-state index contributed by atoms with van der Waals surface area (Å²) in [5.74, 6) is -3.91. The fourth-order valence-electron chi connectivity index (χ4n) is 6.50. The van der Waals surface area contributed by atoms with Crippen LogP contribution in [0.2, 0.25) is 0 Å². The quantitative estimate of drug-likeness (QED) is 0.0669. The molecule has 0 unspecified atom stereocenters. The normalized spacial score (nSPS) is 17.1. The number of esters is 6. The monoisotopic (exact) mass is 882 g/mol. The van der Waals surface area contributed by atoms with E-state index in [2.05, 4.69) is 13.2 Å². The van der Waals surface area contributed by atoms with Gasteiger partial charge in [-0.05, 0) is 62.4 Å². The Morgan fingerprint density at radius 3 is 1.17 bits per heavy atom. The molecule has 64 heavy (non-hydrogen) atoms. The molecule has 4 aromatic carbocycles. The minimum absolute atomic E-state index is 0.0261. The third-order valence-corrected chi connectivity index (χ3v) is 9.40. The fraction of sp³-hybridized carbons (Fsp3) is 0.261. The summed E-state index contributed by atoms with van der Waals surface area (Å²) >= 11 is 0. The van der Waals surface area contributed by atoms with Crippen molar-refractivity contribution < 1.29 is 85.6 Å². The zero-order valence-corrected chi connectivity index (χ0v) is 35.0. The number of methoxy groups -OCH3 is 2. The van der Waals surface area contributed by atoms with Crippen LogP contribution in [0.15, 0.2) is 98.1 Å². The number of fused-ring (bicyclic) bond motifs is 1. The average molecular weight is 883 g/mol. The molecule has 2 saturated heterocycles. The second-order valence-corrected chi connectivity index (χ2v) is 13.4. The zero-order valence-electron chi connectivity index (χ0n) is 35.0. The summed E-state index contributed by atoms with van der Waals surface area (Å²) in [6.45, 7) is 10.3. The van der Waals surface area contributed by atoms with E-state index in [4.69, 9.17) is 56.8 Å². The molecular formula is C46H42O18. The number of benzene rings is 4. The van der Waals surface area contributed by atoms with Crippen molar-refractivity contribution in [2.45, 2.75) is 38.3 Å². The van der Waals surface area contributed by atoms with Crippen molar-refractivity contribution in [3.05, 3.63) is 120 Å². The molecule has 0 bridgehead atoms. The number of carbonyl (C=O) groups excluding carboxylic acids is 6. The van der Waals surface area contributed by atoms with Crippen LogP contribution in [0.5, 0.6) is 46.0 Å². The lowest BCUT2D eigenvalue weighted by Gasteiger charge is -2.19. The Labute approximate surface area is 366 Å². The minimum atomic E-state index is -0.890. The summed E-state index contributed by atoms with van der Waals surface area (Å²) < 4.78 is 66.7. The Bertz CT molecular complexity index is 2290. The van der Waals surface area contributed by atoms with Gasteiger partial charge in [-0.2, -0.15) is 0 Å². The van der Waals surface area contributed by atoms with Crippen molar-refractivity contribution >= 4 is 35.8 Å². The van der Waals surface area contributed by atoms with Crippen LogP contribution in [0.4, 0.5) is 0 Å². The first kappa shape index (κ1) is 45.8. The molecule has 0 N–H and O–H groups in total. The molecule has 6 rings (SSSR count). The SMILES string of the molecule is C=CC(=O)Oc1ccc(C(=O)Oc2ccc(C(=O)O[C@H]3CO[C@H]4[C@@H]3OC[C@H]4OC(=O)c3ccc(OC(=O)c4ccc(OC(=O)C=C)cc4OC)cc3OCC)c(OCC)c2)c(OC)c1. The molecule has 334 valence electrons. The Kier molecular flexibility index (Phi) is 15.0. The predicted octanol–water partition coefficient (Wildman–Crippen LogP) is 5.67. The highest BCUT2D eigenvalue weighted by Gasteiger charge is 2.51. The highest BCUT2D eigenvalue weighted by molar-refractivity contribution is 5.97. The predicted molar refractivity (Wildman–Crippen MR) is 221 cm³/mol. The molecule has 0 radical (unpaired) electrons. The molecule has 2 fully saturated rings. The number of carbonyl (C=O) groups is 6. The molecule has 4 atom stereocenters. The molecule has 0 aromatic heterocycles. The number of hydrogen-bond donors (Lipinski definition) is 0. The van der Waals surface area contributed by atoms with E-state index >= 15 is 0 Å². The largest absolute Gasteiger partial charge is 0.496 e. The maximum atomic E-state index is 13.5. The first-order valence-corrected chi connectivity index (χ1v) is 19.6. The van der Waals surface area contributed by atoms with Crippen LogP contribution in [0.25, 0.3) is 0 Å². The van der Waals surface area contributed by atoms with Gasteiger partial charge in [0, 0.05) is 36.4 Å². The lowest BCUT2D eigenvalue weighted by atomic mass is 10.1. The second kappa shape index (κ2) is 20.9. The van der Waals surface area contributed by atoms with Crippen LogP contribution in [-0.4, -0.2) is 101 Å². The van der Waals surface area contributed by atoms with Gasteiger partial charge in [-0.1, -0.05) is 13.2 Å². The van der Waals surface area contributed by atoms with Gasteiger partial charge in [0.25, 0.3) is 0 Å². The van der Waals surface area contributed by atoms with Crippen molar-refractivity contribution in [3.63, 3.8) is 0 Å². The van der Waals surface area contributed by atoms with Gasteiger partial charge in [0.15, 0.2) is 12.2 Å². The Balaban J connectivity index is 1.07. The molecule has 0 aliphatic carbocycles. The number of hydrogen-bond acceptors (Lipinski definition) is 18. The van der Waals surface area contributed by atoms with Crippen LogP contribution >= 0.6 is 0 Å². The lowest BCUT2D eigenvalue weighted by molar-refractivity contribution is -0.129. The first-order chi connectivity index (χ1) is 30.9. The topological polar surface area (TPSA) is 213 Å². The maximum absolute atomic E-state index is 13.5. The molecule has 0 amide bonds. The molecule has 4 aromatic rings. The van der Waals surface area contributed by atoms with E-state index in [0.717, 1.165) is 12.2 Å². The van der Waals surface area contributed by atoms with Crippen LogP contribution in [-0.2, 0) is 28.5 Å². The molecule has 18 nitrogen and oxygen atoms in total. The molecule has 2 heterocycles. The van der Waals surface area contributed by atoms with Crippen molar-refractivity contribution in [2.24, 2.45) is 0 Å². The summed E-state index contributed by atoms with van der Waals surface area (Å²) in [7, 11) is 2.66. The van der Waals surface area contributed by atoms with Gasteiger partial charge in [0.05, 0.1) is 40.6 Å². The van der Waals surface area contributed by atoms with E-state index in [-0.39, 0.29) is 94.7 Å². The Morgan fingerprint density at radius 2 is 0.844 bits per heavy atom. The summed E-state index contributed by atoms with van der Waals surface area (Å²) in [5, 5.41) is 0. The summed E-state index contributed by atoms with van der Waals surface area (Å²) in [5.41, 5.74) is 0.113. The summed E-state index contributed by atoms with van der Waals surface area (Å²) in [6.07, 6.45) is -1.37. The Morgan fingerprint density at radius 1 is 0.516 bits per heavy atom. The molecule has 18 heteroatoms. The van der Waals surface area contributed by atoms with E-state index in [1.165, 1.54) is 87.0 Å². The third-order valence-electron chi connectivity index (χ3n) is 9.40.